The zero-order valence-corrected chi connectivity index (χ0v) is 36.6. The van der Waals surface area contributed by atoms with E-state index in [9.17, 15) is 19.0 Å². The van der Waals surface area contributed by atoms with E-state index in [4.69, 9.17) is 40.4 Å². The van der Waals surface area contributed by atoms with Crippen molar-refractivity contribution in [2.45, 2.75) is 88.6 Å². The van der Waals surface area contributed by atoms with Crippen LogP contribution in [0.25, 0.3) is 11.0 Å². The zero-order valence-electron chi connectivity index (χ0n) is 29.7. The van der Waals surface area contributed by atoms with Crippen LogP contribution < -0.4 is 0 Å². The van der Waals surface area contributed by atoms with Crippen LogP contribution in [0.2, 0.25) is 25.7 Å². The first kappa shape index (κ1) is 40.7. The van der Waals surface area contributed by atoms with Gasteiger partial charge in [0.05, 0.1) is 28.1 Å². The van der Waals surface area contributed by atoms with Crippen LogP contribution in [-0.4, -0.2) is 62.8 Å². The summed E-state index contributed by atoms with van der Waals surface area (Å²) in [5.41, 5.74) is 5.26. The van der Waals surface area contributed by atoms with E-state index in [1.54, 1.807) is 36.7 Å². The predicted molar refractivity (Wildman–Crippen MR) is 214 cm³/mol. The monoisotopic (exact) mass is 931 g/mol. The van der Waals surface area contributed by atoms with Crippen LogP contribution in [-0.2, 0) is 11.5 Å². The Morgan fingerprint density at radius 2 is 1.36 bits per heavy atom. The van der Waals surface area contributed by atoms with Crippen molar-refractivity contribution in [3.63, 3.8) is 0 Å². The standard InChI is InChI=1S/C21H28FN3O2Si.C16H15FN2O.4ClH.Sn/c1-28(2,3)13-12-27-14-24-11-10-23-21(24)20(26)19-7-6-16(22)18-9-8-17(25(18)19)15-4-5-15;17-11-5-6-15(16(20)12-2-1-9-18-12)19-13(10-3-4-10)7-8-14(11)19;;;;;/h6-11,15,20,26H,4-5,12-14H2,1-3H3;1,5-10,16,20H,2-4H2;4*1H;/q;;;;;;+4/p-4. The Morgan fingerprint density at radius 1 is 0.830 bits per heavy atom. The summed E-state index contributed by atoms with van der Waals surface area (Å²) in [4.78, 5) is 8.55. The van der Waals surface area contributed by atoms with Gasteiger partial charge in [0.25, 0.3) is 0 Å². The molecule has 2 atom stereocenters. The molecule has 8 rings (SSSR count). The van der Waals surface area contributed by atoms with Crippen LogP contribution in [0, 0.1) is 11.6 Å². The molecule has 2 aliphatic carbocycles. The van der Waals surface area contributed by atoms with E-state index in [1.807, 2.05) is 37.8 Å². The molecule has 284 valence electrons. The number of allylic oxidation sites excluding steroid dienone is 1. The average Bonchev–Trinajstić information content (AvgIpc) is 3.83. The van der Waals surface area contributed by atoms with E-state index in [0.29, 0.717) is 65.6 Å². The summed E-state index contributed by atoms with van der Waals surface area (Å²) in [7, 11) is 19.0. The third-order valence-corrected chi connectivity index (χ3v) is 11.1. The van der Waals surface area contributed by atoms with Crippen LogP contribution in [0.5, 0.6) is 0 Å². The van der Waals surface area contributed by atoms with Crippen LogP contribution in [0.4, 0.5) is 8.78 Å². The average molecular weight is 932 g/mol. The van der Waals surface area contributed by atoms with Gasteiger partial charge in [-0.05, 0) is 92.1 Å². The number of halogens is 6. The third kappa shape index (κ3) is 10.5. The molecular formula is C37H43Cl4F2N5O3SiSn. The van der Waals surface area contributed by atoms with Crippen molar-refractivity contribution >= 4 is 74.4 Å². The normalized spacial score (nSPS) is 17.0. The molecule has 1 aliphatic heterocycles. The molecule has 2 unspecified atom stereocenters. The van der Waals surface area contributed by atoms with Gasteiger partial charge in [0.1, 0.15) is 30.3 Å². The maximum atomic E-state index is 14.3. The van der Waals surface area contributed by atoms with Gasteiger partial charge in [0.15, 0.2) is 6.10 Å². The van der Waals surface area contributed by atoms with Crippen LogP contribution in [0.3, 0.4) is 0 Å². The molecule has 16 heteroatoms. The summed E-state index contributed by atoms with van der Waals surface area (Å²) in [6, 6.07) is 14.8. The molecule has 0 amide bonds. The molecule has 6 heterocycles. The quantitative estimate of drug-likeness (QED) is 0.102. The number of hydrogen-bond acceptors (Lipinski definition) is 5. The Balaban J connectivity index is 0.000000167. The van der Waals surface area contributed by atoms with E-state index in [1.165, 1.54) is 12.1 Å². The first-order valence-corrected chi connectivity index (χ1v) is 35.8. The number of aliphatic imine (C=N–C) groups is 1. The molecule has 0 aromatic carbocycles. The second-order valence-electron chi connectivity index (χ2n) is 14.8. The fourth-order valence-corrected chi connectivity index (χ4v) is 7.15. The molecule has 0 radical (unpaired) electrons. The molecule has 2 N–H and O–H groups in total. The van der Waals surface area contributed by atoms with Crippen LogP contribution in [0.15, 0.2) is 78.2 Å². The second kappa shape index (κ2) is 17.0. The van der Waals surface area contributed by atoms with Crippen molar-refractivity contribution < 1.29 is 23.7 Å². The molecule has 2 fully saturated rings. The van der Waals surface area contributed by atoms with Gasteiger partial charge in [0.2, 0.25) is 0 Å². The molecular weight excluding hydrogens is 889 g/mol. The van der Waals surface area contributed by atoms with Gasteiger partial charge in [-0.3, -0.25) is 4.99 Å². The first-order valence-electron chi connectivity index (χ1n) is 17.6. The van der Waals surface area contributed by atoms with E-state index in [2.05, 4.69) is 29.6 Å². The molecule has 2 saturated carbocycles. The molecule has 0 spiro atoms. The number of aliphatic hydroxyl groups is 2. The van der Waals surface area contributed by atoms with Gasteiger partial charge >= 0.3 is 49.6 Å². The summed E-state index contributed by atoms with van der Waals surface area (Å²) < 4.78 is 39.7. The Bertz CT molecular complexity index is 2110. The number of aliphatic hydroxyl groups excluding tert-OH is 2. The Morgan fingerprint density at radius 3 is 1.83 bits per heavy atom. The third-order valence-electron chi connectivity index (χ3n) is 9.39. The van der Waals surface area contributed by atoms with Gasteiger partial charge < -0.3 is 28.3 Å². The summed E-state index contributed by atoms with van der Waals surface area (Å²) in [6.07, 6.45) is 10.5. The van der Waals surface area contributed by atoms with Crippen molar-refractivity contribution in [1.29, 1.82) is 0 Å². The Hall–Kier alpha value is -1.94. The summed E-state index contributed by atoms with van der Waals surface area (Å²) in [6.45, 7) is 8.00. The van der Waals surface area contributed by atoms with E-state index >= 15 is 0 Å². The molecule has 5 aromatic heterocycles. The van der Waals surface area contributed by atoms with Gasteiger partial charge in [-0.1, -0.05) is 25.7 Å². The molecule has 3 aliphatic rings. The summed E-state index contributed by atoms with van der Waals surface area (Å²) in [5.74, 6) is 0.922. The number of imidazole rings is 1. The summed E-state index contributed by atoms with van der Waals surface area (Å²) in [5, 5.41) is 21.6. The van der Waals surface area contributed by atoms with Crippen LogP contribution in [0.1, 0.15) is 84.7 Å². The first-order chi connectivity index (χ1) is 25.1. The SMILES string of the molecule is C[Si](C)(C)CCOCn1ccnc1C(O)c1ccc(F)c2ccc(C3CC3)n12.OC(C1=NC=CC1)c1ccc(F)c2ccc(C3CC3)n12.[Cl][Sn]([Cl])([Cl])[Cl]. The van der Waals surface area contributed by atoms with E-state index < -0.39 is 34.2 Å². The van der Waals surface area contributed by atoms with Crippen molar-refractivity contribution in [2.75, 3.05) is 6.61 Å². The van der Waals surface area contributed by atoms with Gasteiger partial charge in [-0.25, -0.2) is 13.8 Å². The number of aromatic nitrogens is 4. The number of pyridine rings is 2. The minimum atomic E-state index is -3.29. The van der Waals surface area contributed by atoms with Crippen molar-refractivity contribution in [3.05, 3.63) is 113 Å². The van der Waals surface area contributed by atoms with Gasteiger partial charge in [-0.15, -0.1) is 0 Å². The molecule has 0 bridgehead atoms. The second-order valence-corrected chi connectivity index (χ2v) is 45.8. The fraction of sp³-hybridized carbons (Fsp3) is 0.405. The van der Waals surface area contributed by atoms with Gasteiger partial charge in [-0.2, -0.15) is 0 Å². The Kier molecular flexibility index (Phi) is 13.1. The fourth-order valence-electron chi connectivity index (χ4n) is 6.39. The maximum absolute atomic E-state index is 14.3. The zero-order chi connectivity index (χ0) is 38.1. The molecule has 8 nitrogen and oxygen atoms in total. The number of nitrogens with zero attached hydrogens (tertiary/aromatic N) is 5. The Labute approximate surface area is 327 Å². The number of hydrogen-bond donors (Lipinski definition) is 2. The van der Waals surface area contributed by atoms with E-state index in [-0.39, 0.29) is 11.6 Å². The molecule has 0 saturated heterocycles. The van der Waals surface area contributed by atoms with Gasteiger partial charge in [0, 0.05) is 51.1 Å². The van der Waals surface area contributed by atoms with E-state index in [0.717, 1.165) is 43.1 Å². The number of fused-ring (bicyclic) bond motifs is 2. The topological polar surface area (TPSA) is 88.7 Å². The predicted octanol–water partition coefficient (Wildman–Crippen LogP) is 10.3. The number of ether oxygens (including phenoxy) is 1. The van der Waals surface area contributed by atoms with Crippen molar-refractivity contribution in [1.82, 2.24) is 18.4 Å². The minimum absolute atomic E-state index is 0.251. The summed E-state index contributed by atoms with van der Waals surface area (Å²) >= 11 is -3.29. The van der Waals surface area contributed by atoms with Crippen LogP contribution >= 0.6 is 35.7 Å². The molecule has 53 heavy (non-hydrogen) atoms. The van der Waals surface area contributed by atoms with Crippen molar-refractivity contribution in [2.24, 2.45) is 4.99 Å². The molecule has 5 aromatic rings. The number of rotatable bonds is 11. The van der Waals surface area contributed by atoms with Crippen molar-refractivity contribution in [3.8, 4) is 0 Å².